The lowest BCUT2D eigenvalue weighted by Crippen LogP contribution is -2.03. The number of nitrogens with two attached hydrogens (primary N) is 1. The molecular formula is C15H16FNO2S. The van der Waals surface area contributed by atoms with Gasteiger partial charge in [0, 0.05) is 16.1 Å². The lowest BCUT2D eigenvalue weighted by molar-refractivity contribution is 0.385. The van der Waals surface area contributed by atoms with Gasteiger partial charge in [-0.2, -0.15) is 0 Å². The second kappa shape index (κ2) is 6.05. The van der Waals surface area contributed by atoms with Crippen molar-refractivity contribution < 1.29 is 13.3 Å². The molecule has 2 aromatic rings. The molecule has 106 valence electrons. The molecule has 2 N–H and O–H groups in total. The van der Waals surface area contributed by atoms with Gasteiger partial charge in [0.25, 0.3) is 0 Å². The minimum atomic E-state index is -1.35. The van der Waals surface area contributed by atoms with Crippen molar-refractivity contribution in [3.05, 3.63) is 53.3 Å². The van der Waals surface area contributed by atoms with E-state index in [1.54, 1.807) is 30.3 Å². The number of nitrogen functional groups attached to an aromatic ring is 1. The van der Waals surface area contributed by atoms with E-state index in [9.17, 15) is 8.60 Å². The van der Waals surface area contributed by atoms with Crippen molar-refractivity contribution in [2.75, 3.05) is 12.8 Å². The van der Waals surface area contributed by atoms with E-state index in [1.807, 2.05) is 6.92 Å². The van der Waals surface area contributed by atoms with Crippen LogP contribution < -0.4 is 10.5 Å². The minimum Gasteiger partial charge on any atom is -0.494 e. The maximum Gasteiger partial charge on any atom is 0.169 e. The van der Waals surface area contributed by atoms with Gasteiger partial charge in [0.2, 0.25) is 0 Å². The Morgan fingerprint density at radius 1 is 1.25 bits per heavy atom. The number of anilines is 1. The number of hydrogen-bond donors (Lipinski definition) is 1. The SMILES string of the molecule is COc1cccc(CS(=O)c2cccc(N)c2C)c1F. The number of halogens is 1. The minimum absolute atomic E-state index is 0.0906. The van der Waals surface area contributed by atoms with E-state index >= 15 is 0 Å². The smallest absolute Gasteiger partial charge is 0.169 e. The Morgan fingerprint density at radius 2 is 1.95 bits per heavy atom. The van der Waals surface area contributed by atoms with Gasteiger partial charge in [0.05, 0.1) is 23.7 Å². The van der Waals surface area contributed by atoms with Gasteiger partial charge in [-0.05, 0) is 30.7 Å². The van der Waals surface area contributed by atoms with E-state index in [4.69, 9.17) is 10.5 Å². The third-order valence-corrected chi connectivity index (χ3v) is 4.63. The number of methoxy groups -OCH3 is 1. The molecule has 0 aliphatic heterocycles. The third kappa shape index (κ3) is 2.82. The molecule has 2 aromatic carbocycles. The summed E-state index contributed by atoms with van der Waals surface area (Å²) in [5.74, 6) is -0.221. The molecule has 0 saturated heterocycles. The summed E-state index contributed by atoms with van der Waals surface area (Å²) in [6.07, 6.45) is 0. The Bertz CT molecular complexity index is 658. The quantitative estimate of drug-likeness (QED) is 0.882. The van der Waals surface area contributed by atoms with Gasteiger partial charge in [-0.15, -0.1) is 0 Å². The molecule has 0 aliphatic rings. The zero-order valence-corrected chi connectivity index (χ0v) is 12.2. The summed E-state index contributed by atoms with van der Waals surface area (Å²) in [6, 6.07) is 10.1. The van der Waals surface area contributed by atoms with Crippen LogP contribution >= 0.6 is 0 Å². The molecule has 1 atom stereocenters. The Kier molecular flexibility index (Phi) is 4.39. The van der Waals surface area contributed by atoms with Crippen molar-refractivity contribution in [3.63, 3.8) is 0 Å². The maximum atomic E-state index is 14.0. The molecule has 1 unspecified atom stereocenters. The van der Waals surface area contributed by atoms with E-state index < -0.39 is 16.6 Å². The van der Waals surface area contributed by atoms with Crippen LogP contribution in [0.5, 0.6) is 5.75 Å². The van der Waals surface area contributed by atoms with Gasteiger partial charge in [0.1, 0.15) is 0 Å². The van der Waals surface area contributed by atoms with Crippen molar-refractivity contribution in [2.24, 2.45) is 0 Å². The third-order valence-electron chi connectivity index (χ3n) is 3.12. The van der Waals surface area contributed by atoms with E-state index in [0.29, 0.717) is 16.1 Å². The number of rotatable bonds is 4. The van der Waals surface area contributed by atoms with Crippen LogP contribution in [0, 0.1) is 12.7 Å². The fourth-order valence-corrected chi connectivity index (χ4v) is 3.27. The first-order valence-corrected chi connectivity index (χ1v) is 7.41. The summed E-state index contributed by atoms with van der Waals surface area (Å²) in [6.45, 7) is 1.81. The van der Waals surface area contributed by atoms with Crippen molar-refractivity contribution in [1.29, 1.82) is 0 Å². The molecule has 0 bridgehead atoms. The molecule has 3 nitrogen and oxygen atoms in total. The lowest BCUT2D eigenvalue weighted by atomic mass is 10.2. The highest BCUT2D eigenvalue weighted by Gasteiger charge is 2.14. The molecule has 0 saturated carbocycles. The fraction of sp³-hybridized carbons (Fsp3) is 0.200. The van der Waals surface area contributed by atoms with Crippen molar-refractivity contribution >= 4 is 16.5 Å². The van der Waals surface area contributed by atoms with E-state index in [2.05, 4.69) is 0 Å². The number of ether oxygens (including phenoxy) is 1. The van der Waals surface area contributed by atoms with E-state index in [0.717, 1.165) is 5.56 Å². The Morgan fingerprint density at radius 3 is 2.65 bits per heavy atom. The summed E-state index contributed by atoms with van der Waals surface area (Å²) in [7, 11) is 0.0516. The molecule has 0 heterocycles. The van der Waals surface area contributed by atoms with Crippen LogP contribution in [-0.2, 0) is 16.6 Å². The topological polar surface area (TPSA) is 52.3 Å². The van der Waals surface area contributed by atoms with Gasteiger partial charge in [0.15, 0.2) is 11.6 Å². The van der Waals surface area contributed by atoms with Gasteiger partial charge < -0.3 is 10.5 Å². The molecule has 0 fully saturated rings. The van der Waals surface area contributed by atoms with Crippen LogP contribution in [0.2, 0.25) is 0 Å². The molecule has 0 aromatic heterocycles. The maximum absolute atomic E-state index is 14.0. The second-order valence-corrected chi connectivity index (χ2v) is 5.81. The Balaban J connectivity index is 2.31. The first-order valence-electron chi connectivity index (χ1n) is 6.09. The fourth-order valence-electron chi connectivity index (χ4n) is 1.92. The van der Waals surface area contributed by atoms with Crippen LogP contribution in [0.15, 0.2) is 41.3 Å². The molecule has 20 heavy (non-hydrogen) atoms. The van der Waals surface area contributed by atoms with Gasteiger partial charge in [-0.3, -0.25) is 4.21 Å². The molecule has 0 aliphatic carbocycles. The summed E-state index contributed by atoms with van der Waals surface area (Å²) < 4.78 is 31.4. The first-order chi connectivity index (χ1) is 9.54. The average molecular weight is 293 g/mol. The number of benzene rings is 2. The van der Waals surface area contributed by atoms with Crippen molar-refractivity contribution in [3.8, 4) is 5.75 Å². The second-order valence-electron chi connectivity index (χ2n) is 4.39. The molecular weight excluding hydrogens is 277 g/mol. The summed E-state index contributed by atoms with van der Waals surface area (Å²) in [5.41, 5.74) is 7.52. The average Bonchev–Trinajstić information content (AvgIpc) is 2.44. The number of hydrogen-bond acceptors (Lipinski definition) is 3. The first kappa shape index (κ1) is 14.5. The van der Waals surface area contributed by atoms with Crippen LogP contribution in [0.1, 0.15) is 11.1 Å². The zero-order valence-electron chi connectivity index (χ0n) is 11.4. The predicted octanol–water partition coefficient (Wildman–Crippen LogP) is 3.03. The highest BCUT2D eigenvalue weighted by molar-refractivity contribution is 7.84. The normalized spacial score (nSPS) is 12.2. The molecule has 0 radical (unpaired) electrons. The van der Waals surface area contributed by atoms with E-state index in [1.165, 1.54) is 13.2 Å². The van der Waals surface area contributed by atoms with Gasteiger partial charge >= 0.3 is 0 Å². The highest BCUT2D eigenvalue weighted by Crippen LogP contribution is 2.25. The Labute approximate surface area is 120 Å². The van der Waals surface area contributed by atoms with Gasteiger partial charge in [-0.1, -0.05) is 18.2 Å². The highest BCUT2D eigenvalue weighted by atomic mass is 32.2. The Hall–Kier alpha value is -1.88. The molecule has 0 spiro atoms. The van der Waals surface area contributed by atoms with Crippen LogP contribution in [0.4, 0.5) is 10.1 Å². The van der Waals surface area contributed by atoms with Crippen LogP contribution in [0.3, 0.4) is 0 Å². The lowest BCUT2D eigenvalue weighted by Gasteiger charge is -2.10. The van der Waals surface area contributed by atoms with Crippen LogP contribution in [0.25, 0.3) is 0 Å². The van der Waals surface area contributed by atoms with Crippen molar-refractivity contribution in [1.82, 2.24) is 0 Å². The predicted molar refractivity (Wildman–Crippen MR) is 78.7 cm³/mol. The summed E-state index contributed by atoms with van der Waals surface area (Å²) >= 11 is 0. The van der Waals surface area contributed by atoms with Gasteiger partial charge in [-0.25, -0.2) is 4.39 Å². The summed E-state index contributed by atoms with van der Waals surface area (Å²) in [4.78, 5) is 0.632. The zero-order chi connectivity index (χ0) is 14.7. The van der Waals surface area contributed by atoms with Crippen LogP contribution in [-0.4, -0.2) is 11.3 Å². The molecule has 5 heteroatoms. The van der Waals surface area contributed by atoms with Crippen molar-refractivity contribution in [2.45, 2.75) is 17.6 Å². The molecule has 2 rings (SSSR count). The summed E-state index contributed by atoms with van der Waals surface area (Å²) in [5, 5.41) is 0. The largest absolute Gasteiger partial charge is 0.494 e. The van der Waals surface area contributed by atoms with E-state index in [-0.39, 0.29) is 11.5 Å². The molecule has 0 amide bonds. The standard InChI is InChI=1S/C15H16FNO2S/c1-10-12(17)6-4-8-14(10)20(18)9-11-5-3-7-13(19-2)15(11)16/h3-8H,9,17H2,1-2H3. The monoisotopic (exact) mass is 293 g/mol.